The second-order valence-electron chi connectivity index (χ2n) is 4.89. The molecule has 1 aliphatic rings. The largest absolute Gasteiger partial charge is 0.490 e. The zero-order valence-electron chi connectivity index (χ0n) is 11.6. The summed E-state index contributed by atoms with van der Waals surface area (Å²) >= 11 is 0. The lowest BCUT2D eigenvalue weighted by atomic mass is 10.1. The van der Waals surface area contributed by atoms with Gasteiger partial charge in [0.2, 0.25) is 5.91 Å². The van der Waals surface area contributed by atoms with Gasteiger partial charge in [-0.05, 0) is 18.6 Å². The van der Waals surface area contributed by atoms with Crippen LogP contribution >= 0.6 is 0 Å². The summed E-state index contributed by atoms with van der Waals surface area (Å²) in [5, 5.41) is 2.92. The number of ether oxygens (including phenoxy) is 2. The van der Waals surface area contributed by atoms with E-state index < -0.39 is 0 Å². The quantitative estimate of drug-likeness (QED) is 0.907. The molecule has 0 radical (unpaired) electrons. The SMILES string of the molecule is CCCC(C)C(=O)Nc1ccc2c(c1)OCCCO2. The van der Waals surface area contributed by atoms with Crippen molar-refractivity contribution >= 4 is 11.6 Å². The number of nitrogens with one attached hydrogen (secondary N) is 1. The number of amides is 1. The Morgan fingerprint density at radius 2 is 2.05 bits per heavy atom. The van der Waals surface area contributed by atoms with E-state index in [-0.39, 0.29) is 11.8 Å². The maximum Gasteiger partial charge on any atom is 0.227 e. The zero-order chi connectivity index (χ0) is 13.7. The van der Waals surface area contributed by atoms with Crippen LogP contribution in [0.25, 0.3) is 0 Å². The first kappa shape index (κ1) is 13.7. The number of hydrogen-bond acceptors (Lipinski definition) is 3. The number of benzene rings is 1. The monoisotopic (exact) mass is 263 g/mol. The van der Waals surface area contributed by atoms with Gasteiger partial charge >= 0.3 is 0 Å². The van der Waals surface area contributed by atoms with E-state index in [2.05, 4.69) is 12.2 Å². The standard InChI is InChI=1S/C15H21NO3/c1-3-5-11(2)15(17)16-12-6-7-13-14(10-12)19-9-4-8-18-13/h6-7,10-11H,3-5,8-9H2,1-2H3,(H,16,17). The Labute approximate surface area is 114 Å². The Morgan fingerprint density at radius 1 is 1.32 bits per heavy atom. The average molecular weight is 263 g/mol. The molecule has 1 N–H and O–H groups in total. The number of carbonyl (C=O) groups excluding carboxylic acids is 1. The van der Waals surface area contributed by atoms with Crippen molar-refractivity contribution in [2.45, 2.75) is 33.1 Å². The topological polar surface area (TPSA) is 47.6 Å². The van der Waals surface area contributed by atoms with Crippen LogP contribution in [0.4, 0.5) is 5.69 Å². The summed E-state index contributed by atoms with van der Waals surface area (Å²) < 4.78 is 11.2. The summed E-state index contributed by atoms with van der Waals surface area (Å²) in [6.07, 6.45) is 2.79. The predicted octanol–water partition coefficient (Wildman–Crippen LogP) is 3.22. The highest BCUT2D eigenvalue weighted by molar-refractivity contribution is 5.92. The van der Waals surface area contributed by atoms with Gasteiger partial charge in [0.15, 0.2) is 11.5 Å². The maximum absolute atomic E-state index is 12.0. The van der Waals surface area contributed by atoms with E-state index >= 15 is 0 Å². The normalized spacial score (nSPS) is 15.5. The third-order valence-electron chi connectivity index (χ3n) is 3.18. The minimum absolute atomic E-state index is 0.0287. The molecule has 104 valence electrons. The van der Waals surface area contributed by atoms with Crippen molar-refractivity contribution in [1.82, 2.24) is 0 Å². The van der Waals surface area contributed by atoms with Gasteiger partial charge in [0, 0.05) is 24.1 Å². The first-order valence-corrected chi connectivity index (χ1v) is 6.91. The van der Waals surface area contributed by atoms with Gasteiger partial charge in [0.25, 0.3) is 0 Å². The van der Waals surface area contributed by atoms with E-state index in [1.807, 2.05) is 25.1 Å². The van der Waals surface area contributed by atoms with Crippen molar-refractivity contribution in [2.75, 3.05) is 18.5 Å². The Bertz CT molecular complexity index is 445. The van der Waals surface area contributed by atoms with Crippen LogP contribution in [0.15, 0.2) is 18.2 Å². The van der Waals surface area contributed by atoms with Crippen LogP contribution < -0.4 is 14.8 Å². The second-order valence-corrected chi connectivity index (χ2v) is 4.89. The zero-order valence-corrected chi connectivity index (χ0v) is 11.6. The number of carbonyl (C=O) groups is 1. The number of rotatable bonds is 4. The molecule has 1 aliphatic heterocycles. The molecule has 0 spiro atoms. The summed E-state index contributed by atoms with van der Waals surface area (Å²) in [6, 6.07) is 5.53. The molecule has 1 unspecified atom stereocenters. The molecule has 0 bridgehead atoms. The van der Waals surface area contributed by atoms with E-state index in [0.717, 1.165) is 30.7 Å². The van der Waals surface area contributed by atoms with Crippen molar-refractivity contribution in [3.63, 3.8) is 0 Å². The van der Waals surface area contributed by atoms with Crippen LogP contribution in [0, 0.1) is 5.92 Å². The number of hydrogen-bond donors (Lipinski definition) is 1. The van der Waals surface area contributed by atoms with Crippen molar-refractivity contribution in [3.05, 3.63) is 18.2 Å². The van der Waals surface area contributed by atoms with Gasteiger partial charge in [0.1, 0.15) is 0 Å². The van der Waals surface area contributed by atoms with Gasteiger partial charge in [-0.1, -0.05) is 20.3 Å². The highest BCUT2D eigenvalue weighted by Crippen LogP contribution is 2.32. The molecular weight excluding hydrogens is 242 g/mol. The fraction of sp³-hybridized carbons (Fsp3) is 0.533. The highest BCUT2D eigenvalue weighted by Gasteiger charge is 2.14. The van der Waals surface area contributed by atoms with Crippen molar-refractivity contribution in [1.29, 1.82) is 0 Å². The van der Waals surface area contributed by atoms with Crippen LogP contribution in [0.2, 0.25) is 0 Å². The molecule has 1 atom stereocenters. The minimum atomic E-state index is 0.0287. The molecule has 1 aromatic rings. The van der Waals surface area contributed by atoms with Crippen molar-refractivity contribution < 1.29 is 14.3 Å². The number of anilines is 1. The van der Waals surface area contributed by atoms with E-state index in [0.29, 0.717) is 19.0 Å². The first-order valence-electron chi connectivity index (χ1n) is 6.91. The van der Waals surface area contributed by atoms with Gasteiger partial charge in [0.05, 0.1) is 13.2 Å². The van der Waals surface area contributed by atoms with E-state index in [4.69, 9.17) is 9.47 Å². The van der Waals surface area contributed by atoms with Gasteiger partial charge in [-0.25, -0.2) is 0 Å². The van der Waals surface area contributed by atoms with Gasteiger partial charge in [-0.3, -0.25) is 4.79 Å². The van der Waals surface area contributed by atoms with Gasteiger partial charge in [-0.15, -0.1) is 0 Å². The molecule has 0 fully saturated rings. The molecule has 1 aromatic carbocycles. The van der Waals surface area contributed by atoms with Crippen LogP contribution in [0.5, 0.6) is 11.5 Å². The summed E-state index contributed by atoms with van der Waals surface area (Å²) in [5.74, 6) is 1.54. The van der Waals surface area contributed by atoms with E-state index in [1.54, 1.807) is 0 Å². The molecule has 2 rings (SSSR count). The molecule has 0 saturated carbocycles. The molecule has 4 heteroatoms. The molecule has 19 heavy (non-hydrogen) atoms. The average Bonchev–Trinajstić information content (AvgIpc) is 2.63. The summed E-state index contributed by atoms with van der Waals surface area (Å²) in [6.45, 7) is 5.35. The molecular formula is C15H21NO3. The summed E-state index contributed by atoms with van der Waals surface area (Å²) in [4.78, 5) is 12.0. The lowest BCUT2D eigenvalue weighted by Crippen LogP contribution is -2.20. The minimum Gasteiger partial charge on any atom is -0.490 e. The second kappa shape index (κ2) is 6.45. The summed E-state index contributed by atoms with van der Waals surface area (Å²) in [5.41, 5.74) is 0.761. The summed E-state index contributed by atoms with van der Waals surface area (Å²) in [7, 11) is 0. The van der Waals surface area contributed by atoms with Crippen LogP contribution in [0.3, 0.4) is 0 Å². The smallest absolute Gasteiger partial charge is 0.227 e. The molecule has 0 aromatic heterocycles. The lowest BCUT2D eigenvalue weighted by molar-refractivity contribution is -0.119. The predicted molar refractivity (Wildman–Crippen MR) is 74.8 cm³/mol. The third-order valence-corrected chi connectivity index (χ3v) is 3.18. The van der Waals surface area contributed by atoms with Crippen LogP contribution in [0.1, 0.15) is 33.1 Å². The van der Waals surface area contributed by atoms with Crippen molar-refractivity contribution in [2.24, 2.45) is 5.92 Å². The van der Waals surface area contributed by atoms with Crippen molar-refractivity contribution in [3.8, 4) is 11.5 Å². The maximum atomic E-state index is 12.0. The fourth-order valence-electron chi connectivity index (χ4n) is 2.07. The molecule has 1 heterocycles. The molecule has 0 saturated heterocycles. The van der Waals surface area contributed by atoms with E-state index in [9.17, 15) is 4.79 Å². The highest BCUT2D eigenvalue weighted by atomic mass is 16.5. The van der Waals surface area contributed by atoms with E-state index in [1.165, 1.54) is 0 Å². The Hall–Kier alpha value is -1.71. The first-order chi connectivity index (χ1) is 9.20. The Morgan fingerprint density at radius 3 is 2.79 bits per heavy atom. The van der Waals surface area contributed by atoms with Gasteiger partial charge in [-0.2, -0.15) is 0 Å². The molecule has 1 amide bonds. The number of fused-ring (bicyclic) bond motifs is 1. The fourth-order valence-corrected chi connectivity index (χ4v) is 2.07. The third kappa shape index (κ3) is 3.63. The van der Waals surface area contributed by atoms with Gasteiger partial charge < -0.3 is 14.8 Å². The molecule has 4 nitrogen and oxygen atoms in total. The van der Waals surface area contributed by atoms with Crippen LogP contribution in [-0.4, -0.2) is 19.1 Å². The Balaban J connectivity index is 2.05. The molecule has 0 aliphatic carbocycles. The lowest BCUT2D eigenvalue weighted by Gasteiger charge is -2.13. The Kier molecular flexibility index (Phi) is 4.66. The van der Waals surface area contributed by atoms with Crippen LogP contribution in [-0.2, 0) is 4.79 Å².